The second-order valence-electron chi connectivity index (χ2n) is 5.91. The van der Waals surface area contributed by atoms with Crippen molar-refractivity contribution in [1.82, 2.24) is 9.97 Å². The van der Waals surface area contributed by atoms with Crippen LogP contribution in [0.15, 0.2) is 24.4 Å². The molecule has 7 nitrogen and oxygen atoms in total. The van der Waals surface area contributed by atoms with Crippen molar-refractivity contribution in [2.24, 2.45) is 0 Å². The number of halogens is 1. The molecule has 25 heavy (non-hydrogen) atoms. The minimum absolute atomic E-state index is 0.0250. The predicted molar refractivity (Wildman–Crippen MR) is 90.2 cm³/mol. The van der Waals surface area contributed by atoms with Gasteiger partial charge in [-0.3, -0.25) is 0 Å². The molecule has 1 aromatic heterocycles. The van der Waals surface area contributed by atoms with Crippen LogP contribution < -0.4 is 10.6 Å². The van der Waals surface area contributed by atoms with Crippen LogP contribution in [0.5, 0.6) is 0 Å². The summed E-state index contributed by atoms with van der Waals surface area (Å²) in [4.78, 5) is 10.3. The molecule has 1 aromatic carbocycles. The van der Waals surface area contributed by atoms with Crippen molar-refractivity contribution in [2.75, 3.05) is 30.4 Å². The van der Waals surface area contributed by atoms with E-state index in [0.29, 0.717) is 30.1 Å². The van der Waals surface area contributed by atoms with Crippen molar-refractivity contribution in [3.63, 3.8) is 0 Å². The minimum atomic E-state index is -0.619. The van der Waals surface area contributed by atoms with Crippen LogP contribution >= 0.6 is 0 Å². The second-order valence-corrected chi connectivity index (χ2v) is 5.91. The molecule has 1 aliphatic rings. The number of nitrogens with two attached hydrogens (primary N) is 1. The van der Waals surface area contributed by atoms with E-state index >= 15 is 0 Å². The van der Waals surface area contributed by atoms with E-state index in [1.807, 2.05) is 11.8 Å². The number of hydrogen-bond donors (Lipinski definition) is 2. The Balaban J connectivity index is 2.07. The van der Waals surface area contributed by atoms with Crippen LogP contribution in [0.3, 0.4) is 0 Å². The van der Waals surface area contributed by atoms with Gasteiger partial charge in [-0.15, -0.1) is 0 Å². The molecule has 1 aliphatic heterocycles. The lowest BCUT2D eigenvalue weighted by Crippen LogP contribution is -2.49. The SMILES string of the molecule is CC1CO[C@H](CO)CN1c1cnc(N)nc1-c1ccc(C#N)c(F)c1. The molecule has 2 heterocycles. The third kappa shape index (κ3) is 3.38. The molecular formula is C17H18FN5O2. The number of aliphatic hydroxyl groups is 1. The molecular weight excluding hydrogens is 325 g/mol. The molecule has 3 N–H and O–H groups in total. The van der Waals surface area contributed by atoms with E-state index in [-0.39, 0.29) is 30.3 Å². The Morgan fingerprint density at radius 3 is 3.00 bits per heavy atom. The molecule has 1 saturated heterocycles. The Hall–Kier alpha value is -2.76. The van der Waals surface area contributed by atoms with Gasteiger partial charge in [-0.25, -0.2) is 14.4 Å². The average Bonchev–Trinajstić information content (AvgIpc) is 2.62. The summed E-state index contributed by atoms with van der Waals surface area (Å²) < 4.78 is 19.6. The van der Waals surface area contributed by atoms with E-state index in [0.717, 1.165) is 0 Å². The van der Waals surface area contributed by atoms with Crippen molar-refractivity contribution in [3.05, 3.63) is 35.8 Å². The number of benzene rings is 1. The molecule has 0 amide bonds. The molecule has 0 saturated carbocycles. The summed E-state index contributed by atoms with van der Waals surface area (Å²) in [7, 11) is 0. The fourth-order valence-corrected chi connectivity index (χ4v) is 2.83. The molecule has 0 bridgehead atoms. The third-order valence-corrected chi connectivity index (χ3v) is 4.17. The highest BCUT2D eigenvalue weighted by Gasteiger charge is 2.28. The van der Waals surface area contributed by atoms with Crippen LogP contribution in [-0.2, 0) is 4.74 Å². The molecule has 130 valence electrons. The van der Waals surface area contributed by atoms with Gasteiger partial charge in [0.05, 0.1) is 42.5 Å². The topological polar surface area (TPSA) is 108 Å². The van der Waals surface area contributed by atoms with Crippen LogP contribution in [0.2, 0.25) is 0 Å². The minimum Gasteiger partial charge on any atom is -0.394 e. The highest BCUT2D eigenvalue weighted by molar-refractivity contribution is 5.76. The maximum absolute atomic E-state index is 14.0. The summed E-state index contributed by atoms with van der Waals surface area (Å²) in [6, 6.07) is 6.12. The monoisotopic (exact) mass is 343 g/mol. The number of nitrogens with zero attached hydrogens (tertiary/aromatic N) is 4. The lowest BCUT2D eigenvalue weighted by atomic mass is 10.1. The molecule has 2 aromatic rings. The first-order chi connectivity index (χ1) is 12.0. The molecule has 1 fully saturated rings. The van der Waals surface area contributed by atoms with Crippen molar-refractivity contribution in [3.8, 4) is 17.3 Å². The smallest absolute Gasteiger partial charge is 0.220 e. The summed E-state index contributed by atoms with van der Waals surface area (Å²) >= 11 is 0. The lowest BCUT2D eigenvalue weighted by Gasteiger charge is -2.39. The number of ether oxygens (including phenoxy) is 1. The van der Waals surface area contributed by atoms with Crippen LogP contribution in [-0.4, -0.2) is 47.0 Å². The summed E-state index contributed by atoms with van der Waals surface area (Å²) in [6.07, 6.45) is 1.27. The van der Waals surface area contributed by atoms with Gasteiger partial charge in [0.1, 0.15) is 11.9 Å². The van der Waals surface area contributed by atoms with E-state index in [1.54, 1.807) is 18.3 Å². The Morgan fingerprint density at radius 1 is 1.52 bits per heavy atom. The van der Waals surface area contributed by atoms with Crippen molar-refractivity contribution in [2.45, 2.75) is 19.1 Å². The number of nitriles is 1. The summed E-state index contributed by atoms with van der Waals surface area (Å²) in [5, 5.41) is 18.3. The first-order valence-electron chi connectivity index (χ1n) is 7.85. The normalized spacial score (nSPS) is 20.3. The second kappa shape index (κ2) is 7.01. The zero-order valence-corrected chi connectivity index (χ0v) is 13.7. The highest BCUT2D eigenvalue weighted by atomic mass is 19.1. The van der Waals surface area contributed by atoms with Gasteiger partial charge < -0.3 is 20.5 Å². The van der Waals surface area contributed by atoms with Gasteiger partial charge in [-0.05, 0) is 19.1 Å². The Bertz CT molecular complexity index is 823. The molecule has 0 spiro atoms. The molecule has 3 rings (SSSR count). The number of anilines is 2. The zero-order chi connectivity index (χ0) is 18.0. The fraction of sp³-hybridized carbons (Fsp3) is 0.353. The average molecular weight is 343 g/mol. The zero-order valence-electron chi connectivity index (χ0n) is 13.7. The highest BCUT2D eigenvalue weighted by Crippen LogP contribution is 2.32. The molecule has 8 heteroatoms. The van der Waals surface area contributed by atoms with Crippen LogP contribution in [0, 0.1) is 17.1 Å². The van der Waals surface area contributed by atoms with Gasteiger partial charge in [-0.1, -0.05) is 6.07 Å². The van der Waals surface area contributed by atoms with Gasteiger partial charge in [-0.2, -0.15) is 5.26 Å². The molecule has 0 radical (unpaired) electrons. The van der Waals surface area contributed by atoms with Crippen LogP contribution in [0.25, 0.3) is 11.3 Å². The fourth-order valence-electron chi connectivity index (χ4n) is 2.83. The van der Waals surface area contributed by atoms with Gasteiger partial charge in [0.25, 0.3) is 0 Å². The van der Waals surface area contributed by atoms with E-state index in [4.69, 9.17) is 15.7 Å². The van der Waals surface area contributed by atoms with E-state index in [9.17, 15) is 9.50 Å². The number of hydrogen-bond acceptors (Lipinski definition) is 7. The van der Waals surface area contributed by atoms with E-state index in [2.05, 4.69) is 9.97 Å². The van der Waals surface area contributed by atoms with Crippen LogP contribution in [0.1, 0.15) is 12.5 Å². The standard InChI is InChI=1S/C17H18FN5O2/c1-10-9-25-13(8-24)7-23(10)15-6-21-17(20)22-16(15)11-2-3-12(5-19)14(18)4-11/h2-4,6,10,13,24H,7-9H2,1H3,(H2,20,21,22)/t10?,13-/m0/s1. The first-order valence-corrected chi connectivity index (χ1v) is 7.85. The van der Waals surface area contributed by atoms with Crippen LogP contribution in [0.4, 0.5) is 16.0 Å². The van der Waals surface area contributed by atoms with Gasteiger partial charge in [0, 0.05) is 18.2 Å². The van der Waals surface area contributed by atoms with Crippen molar-refractivity contribution in [1.29, 1.82) is 5.26 Å². The van der Waals surface area contributed by atoms with Gasteiger partial charge in [0.15, 0.2) is 0 Å². The lowest BCUT2D eigenvalue weighted by molar-refractivity contribution is -0.0103. The van der Waals surface area contributed by atoms with E-state index < -0.39 is 5.82 Å². The number of aromatic nitrogens is 2. The Labute approximate surface area is 144 Å². The number of aliphatic hydroxyl groups excluding tert-OH is 1. The van der Waals surface area contributed by atoms with Crippen molar-refractivity contribution < 1.29 is 14.2 Å². The van der Waals surface area contributed by atoms with E-state index in [1.165, 1.54) is 12.1 Å². The number of rotatable bonds is 3. The largest absolute Gasteiger partial charge is 0.394 e. The van der Waals surface area contributed by atoms with Crippen molar-refractivity contribution >= 4 is 11.6 Å². The van der Waals surface area contributed by atoms with Gasteiger partial charge in [0.2, 0.25) is 5.95 Å². The summed E-state index contributed by atoms with van der Waals surface area (Å²) in [5.41, 5.74) is 7.34. The number of morpholine rings is 1. The Kier molecular flexibility index (Phi) is 4.79. The third-order valence-electron chi connectivity index (χ3n) is 4.17. The quantitative estimate of drug-likeness (QED) is 0.865. The number of nitrogen functional groups attached to an aromatic ring is 1. The maximum atomic E-state index is 14.0. The summed E-state index contributed by atoms with van der Waals surface area (Å²) in [6.45, 7) is 2.78. The maximum Gasteiger partial charge on any atom is 0.220 e. The molecule has 2 atom stereocenters. The van der Waals surface area contributed by atoms with Gasteiger partial charge >= 0.3 is 0 Å². The molecule has 0 aliphatic carbocycles. The summed E-state index contributed by atoms with van der Waals surface area (Å²) in [5.74, 6) is -0.547. The molecule has 1 unspecified atom stereocenters. The first kappa shape index (κ1) is 17.1. The predicted octanol–water partition coefficient (Wildman–Crippen LogP) is 1.32. The Morgan fingerprint density at radius 2 is 2.32 bits per heavy atom.